The number of rotatable bonds is 6. The molecule has 0 bridgehead atoms. The topological polar surface area (TPSA) is 29.1 Å². The van der Waals surface area contributed by atoms with Gasteiger partial charge in [0.25, 0.3) is 5.91 Å². The summed E-state index contributed by atoms with van der Waals surface area (Å²) in [5.41, 5.74) is -2.00. The van der Waals surface area contributed by atoms with E-state index in [1.807, 2.05) is 0 Å². The van der Waals surface area contributed by atoms with Gasteiger partial charge in [0.2, 0.25) is 0 Å². The minimum Gasteiger partial charge on any atom is -0.352 e. The number of nitrogens with one attached hydrogen (secondary N) is 1. The van der Waals surface area contributed by atoms with Crippen molar-refractivity contribution < 1.29 is 22.4 Å². The molecule has 0 radical (unpaired) electrons. The molecule has 0 atom stereocenters. The quantitative estimate of drug-likeness (QED) is 0.612. The highest BCUT2D eigenvalue weighted by Gasteiger charge is 2.35. The molecule has 0 unspecified atom stereocenters. The first-order valence-electron chi connectivity index (χ1n) is 6.87. The molecule has 0 aromatic heterocycles. The Balaban J connectivity index is 2.63. The first kappa shape index (κ1) is 17.5. The normalized spacial score (nSPS) is 11.8. The maximum atomic E-state index is 13.7. The monoisotopic (exact) mass is 305 g/mol. The van der Waals surface area contributed by atoms with Gasteiger partial charge in [0.1, 0.15) is 5.82 Å². The number of hydrogen-bond donors (Lipinski definition) is 1. The Labute approximate surface area is 121 Å². The van der Waals surface area contributed by atoms with Gasteiger partial charge in [-0.15, -0.1) is 0 Å². The van der Waals surface area contributed by atoms with E-state index in [4.69, 9.17) is 0 Å². The SMILES string of the molecule is CC(C)CCCCNC(=O)c1cccc(C(F)(F)F)c1F. The van der Waals surface area contributed by atoms with Crippen LogP contribution in [-0.2, 0) is 6.18 Å². The Hall–Kier alpha value is -1.59. The fraction of sp³-hybridized carbons (Fsp3) is 0.533. The summed E-state index contributed by atoms with van der Waals surface area (Å²) in [7, 11) is 0. The van der Waals surface area contributed by atoms with Crippen molar-refractivity contribution in [1.82, 2.24) is 5.32 Å². The Bertz CT molecular complexity index is 483. The number of unbranched alkanes of at least 4 members (excludes halogenated alkanes) is 1. The molecule has 1 N–H and O–H groups in total. The zero-order valence-electron chi connectivity index (χ0n) is 12.1. The zero-order valence-corrected chi connectivity index (χ0v) is 12.1. The van der Waals surface area contributed by atoms with E-state index < -0.39 is 29.0 Å². The first-order chi connectivity index (χ1) is 9.73. The molecular weight excluding hydrogens is 286 g/mol. The van der Waals surface area contributed by atoms with Crippen LogP contribution in [0.4, 0.5) is 17.6 Å². The van der Waals surface area contributed by atoms with Crippen LogP contribution in [0, 0.1) is 11.7 Å². The predicted octanol–water partition coefficient (Wildman–Crippen LogP) is 4.40. The smallest absolute Gasteiger partial charge is 0.352 e. The van der Waals surface area contributed by atoms with Crippen molar-refractivity contribution in [2.45, 2.75) is 39.3 Å². The third kappa shape index (κ3) is 5.36. The van der Waals surface area contributed by atoms with Crippen molar-refractivity contribution in [1.29, 1.82) is 0 Å². The fourth-order valence-electron chi connectivity index (χ4n) is 1.90. The molecule has 0 saturated carbocycles. The van der Waals surface area contributed by atoms with Crippen LogP contribution in [0.25, 0.3) is 0 Å². The van der Waals surface area contributed by atoms with Crippen LogP contribution in [0.2, 0.25) is 0 Å². The van der Waals surface area contributed by atoms with Crippen LogP contribution in [0.15, 0.2) is 18.2 Å². The maximum Gasteiger partial charge on any atom is 0.419 e. The molecule has 0 spiro atoms. The summed E-state index contributed by atoms with van der Waals surface area (Å²) in [6, 6.07) is 2.70. The van der Waals surface area contributed by atoms with E-state index in [1.54, 1.807) is 0 Å². The Morgan fingerprint density at radius 1 is 1.24 bits per heavy atom. The number of alkyl halides is 3. The minimum absolute atomic E-state index is 0.321. The minimum atomic E-state index is -4.81. The number of halogens is 4. The van der Waals surface area contributed by atoms with E-state index in [2.05, 4.69) is 19.2 Å². The molecule has 118 valence electrons. The molecule has 0 saturated heterocycles. The standard InChI is InChI=1S/C15H19F4NO/c1-10(2)6-3-4-9-20-14(21)11-7-5-8-12(13(11)16)15(17,18)19/h5,7-8,10H,3-4,6,9H2,1-2H3,(H,20,21). The molecule has 1 rings (SSSR count). The highest BCUT2D eigenvalue weighted by Crippen LogP contribution is 2.32. The van der Waals surface area contributed by atoms with Gasteiger partial charge in [0.05, 0.1) is 11.1 Å². The molecule has 0 heterocycles. The Morgan fingerprint density at radius 3 is 2.48 bits per heavy atom. The Morgan fingerprint density at radius 2 is 1.90 bits per heavy atom. The van der Waals surface area contributed by atoms with Gasteiger partial charge in [-0.25, -0.2) is 4.39 Å². The average molecular weight is 305 g/mol. The van der Waals surface area contributed by atoms with Crippen LogP contribution < -0.4 is 5.32 Å². The summed E-state index contributed by atoms with van der Waals surface area (Å²) in [4.78, 5) is 11.7. The summed E-state index contributed by atoms with van der Waals surface area (Å²) < 4.78 is 51.4. The van der Waals surface area contributed by atoms with Crippen LogP contribution in [-0.4, -0.2) is 12.5 Å². The lowest BCUT2D eigenvalue weighted by Crippen LogP contribution is -2.26. The second-order valence-electron chi connectivity index (χ2n) is 5.31. The van der Waals surface area contributed by atoms with Gasteiger partial charge in [0.15, 0.2) is 0 Å². The van der Waals surface area contributed by atoms with Gasteiger partial charge in [-0.3, -0.25) is 4.79 Å². The van der Waals surface area contributed by atoms with E-state index in [0.717, 1.165) is 25.0 Å². The largest absolute Gasteiger partial charge is 0.419 e. The number of amides is 1. The first-order valence-corrected chi connectivity index (χ1v) is 6.87. The zero-order chi connectivity index (χ0) is 16.0. The van der Waals surface area contributed by atoms with Crippen molar-refractivity contribution in [3.63, 3.8) is 0 Å². The van der Waals surface area contributed by atoms with Crippen molar-refractivity contribution >= 4 is 5.91 Å². The van der Waals surface area contributed by atoms with Crippen LogP contribution in [0.5, 0.6) is 0 Å². The molecule has 1 amide bonds. The fourth-order valence-corrected chi connectivity index (χ4v) is 1.90. The summed E-state index contributed by atoms with van der Waals surface area (Å²) in [6.07, 6.45) is -2.18. The summed E-state index contributed by atoms with van der Waals surface area (Å²) >= 11 is 0. The van der Waals surface area contributed by atoms with Gasteiger partial charge in [0, 0.05) is 6.54 Å². The number of benzene rings is 1. The molecule has 0 aliphatic carbocycles. The second-order valence-corrected chi connectivity index (χ2v) is 5.31. The van der Waals surface area contributed by atoms with E-state index in [0.29, 0.717) is 24.9 Å². The van der Waals surface area contributed by atoms with E-state index in [-0.39, 0.29) is 0 Å². The molecule has 21 heavy (non-hydrogen) atoms. The summed E-state index contributed by atoms with van der Waals surface area (Å²) in [5.74, 6) is -1.78. The lowest BCUT2D eigenvalue weighted by Gasteiger charge is -2.11. The van der Waals surface area contributed by atoms with Crippen molar-refractivity contribution in [3.8, 4) is 0 Å². The third-order valence-electron chi connectivity index (χ3n) is 3.04. The molecule has 1 aromatic rings. The van der Waals surface area contributed by atoms with Crippen LogP contribution >= 0.6 is 0 Å². The predicted molar refractivity (Wildman–Crippen MR) is 72.4 cm³/mol. The van der Waals surface area contributed by atoms with Crippen LogP contribution in [0.1, 0.15) is 49.0 Å². The average Bonchev–Trinajstić information content (AvgIpc) is 2.36. The number of carbonyl (C=O) groups is 1. The van der Waals surface area contributed by atoms with Gasteiger partial charge >= 0.3 is 6.18 Å². The van der Waals surface area contributed by atoms with E-state index >= 15 is 0 Å². The third-order valence-corrected chi connectivity index (χ3v) is 3.04. The lowest BCUT2D eigenvalue weighted by molar-refractivity contribution is -0.140. The number of carbonyl (C=O) groups excluding carboxylic acids is 1. The molecular formula is C15H19F4NO. The highest BCUT2D eigenvalue weighted by atomic mass is 19.4. The highest BCUT2D eigenvalue weighted by molar-refractivity contribution is 5.94. The van der Waals surface area contributed by atoms with E-state index in [9.17, 15) is 22.4 Å². The van der Waals surface area contributed by atoms with Gasteiger partial charge in [-0.1, -0.05) is 32.8 Å². The molecule has 0 aliphatic rings. The lowest BCUT2D eigenvalue weighted by atomic mass is 10.1. The van der Waals surface area contributed by atoms with Crippen molar-refractivity contribution in [2.24, 2.45) is 5.92 Å². The molecule has 1 aromatic carbocycles. The van der Waals surface area contributed by atoms with Gasteiger partial charge < -0.3 is 5.32 Å². The number of hydrogen-bond acceptors (Lipinski definition) is 1. The summed E-state index contributed by atoms with van der Waals surface area (Å²) in [6.45, 7) is 4.48. The Kier molecular flexibility index (Phi) is 6.18. The van der Waals surface area contributed by atoms with E-state index in [1.165, 1.54) is 0 Å². The molecule has 0 fully saturated rings. The van der Waals surface area contributed by atoms with Gasteiger partial charge in [-0.05, 0) is 24.5 Å². The maximum absolute atomic E-state index is 13.7. The van der Waals surface area contributed by atoms with Crippen LogP contribution in [0.3, 0.4) is 0 Å². The van der Waals surface area contributed by atoms with Crippen molar-refractivity contribution in [3.05, 3.63) is 35.1 Å². The molecule has 2 nitrogen and oxygen atoms in total. The summed E-state index contributed by atoms with van der Waals surface area (Å²) in [5, 5.41) is 2.45. The molecule has 0 aliphatic heterocycles. The second kappa shape index (κ2) is 7.43. The van der Waals surface area contributed by atoms with Gasteiger partial charge in [-0.2, -0.15) is 13.2 Å². The molecule has 6 heteroatoms. The van der Waals surface area contributed by atoms with Crippen molar-refractivity contribution in [2.75, 3.05) is 6.54 Å².